The lowest BCUT2D eigenvalue weighted by Crippen LogP contribution is -1.96. The smallest absolute Gasteiger partial charge is 0.160 e. The van der Waals surface area contributed by atoms with E-state index in [0.717, 1.165) is 77.8 Å². The molecule has 10 aromatic rings. The highest BCUT2D eigenvalue weighted by atomic mass is 16.3. The SMILES string of the molecule is c1ccc(-c2cc(-c3cc(-c4ccccc4)nc(-c4ccc(-c5ccc6ccccc6c5)cc4)n3)cc(-c3cccc4c3oc3ccccc34)c2)cc1. The summed E-state index contributed by atoms with van der Waals surface area (Å²) in [5.41, 5.74) is 13.2. The molecule has 2 aromatic heterocycles. The van der Waals surface area contributed by atoms with Crippen molar-refractivity contribution < 1.29 is 4.42 Å². The second-order valence-electron chi connectivity index (χ2n) is 13.4. The first-order valence-corrected chi connectivity index (χ1v) is 17.9. The molecule has 0 saturated heterocycles. The molecule has 0 N–H and O–H groups in total. The van der Waals surface area contributed by atoms with Crippen LogP contribution in [-0.4, -0.2) is 9.97 Å². The average molecular weight is 677 g/mol. The lowest BCUT2D eigenvalue weighted by Gasteiger charge is -2.13. The molecule has 8 aromatic carbocycles. The summed E-state index contributed by atoms with van der Waals surface area (Å²) in [4.78, 5) is 10.4. The standard InChI is InChI=1S/C50H32N2O/c1-3-12-33(13-4-1)40-29-41(43-19-11-20-45-44-18-9-10-21-48(44)53-49(43)45)31-42(30-40)47-32-46(36-15-5-2-6-16-36)51-50(52-47)37-25-22-35(23-26-37)39-27-24-34-14-7-8-17-38(34)28-39/h1-32H. The molecule has 0 unspecified atom stereocenters. The second kappa shape index (κ2) is 12.9. The summed E-state index contributed by atoms with van der Waals surface area (Å²) in [5.74, 6) is 0.678. The minimum atomic E-state index is 0.678. The Morgan fingerprint density at radius 3 is 1.72 bits per heavy atom. The van der Waals surface area contributed by atoms with E-state index >= 15 is 0 Å². The van der Waals surface area contributed by atoms with Crippen LogP contribution < -0.4 is 0 Å². The fourth-order valence-corrected chi connectivity index (χ4v) is 7.36. The van der Waals surface area contributed by atoms with Gasteiger partial charge in [0, 0.05) is 33.0 Å². The van der Waals surface area contributed by atoms with E-state index in [1.807, 2.05) is 18.2 Å². The van der Waals surface area contributed by atoms with E-state index in [9.17, 15) is 0 Å². The molecule has 0 spiro atoms. The highest BCUT2D eigenvalue weighted by Gasteiger charge is 2.17. The third kappa shape index (κ3) is 5.75. The number of nitrogens with zero attached hydrogens (tertiary/aromatic N) is 2. The van der Waals surface area contributed by atoms with Crippen LogP contribution in [0.2, 0.25) is 0 Å². The molecule has 0 amide bonds. The number of hydrogen-bond acceptors (Lipinski definition) is 3. The predicted molar refractivity (Wildman–Crippen MR) is 219 cm³/mol. The molecule has 53 heavy (non-hydrogen) atoms. The van der Waals surface area contributed by atoms with Gasteiger partial charge >= 0.3 is 0 Å². The van der Waals surface area contributed by atoms with Crippen LogP contribution in [0.4, 0.5) is 0 Å². The molecule has 0 fully saturated rings. The van der Waals surface area contributed by atoms with E-state index in [1.54, 1.807) is 0 Å². The van der Waals surface area contributed by atoms with E-state index in [4.69, 9.17) is 14.4 Å². The van der Waals surface area contributed by atoms with Crippen molar-refractivity contribution in [2.24, 2.45) is 0 Å². The third-order valence-electron chi connectivity index (χ3n) is 10.1. The van der Waals surface area contributed by atoms with Gasteiger partial charge in [-0.05, 0) is 75.0 Å². The first-order chi connectivity index (χ1) is 26.2. The number of para-hydroxylation sites is 2. The number of aromatic nitrogens is 2. The van der Waals surface area contributed by atoms with Gasteiger partial charge in [0.2, 0.25) is 0 Å². The van der Waals surface area contributed by atoms with Gasteiger partial charge in [0.1, 0.15) is 11.2 Å². The number of furan rings is 1. The zero-order valence-electron chi connectivity index (χ0n) is 28.8. The van der Waals surface area contributed by atoms with E-state index in [1.165, 1.54) is 16.3 Å². The second-order valence-corrected chi connectivity index (χ2v) is 13.4. The van der Waals surface area contributed by atoms with Crippen molar-refractivity contribution in [2.45, 2.75) is 0 Å². The summed E-state index contributed by atoms with van der Waals surface area (Å²) < 4.78 is 6.52. The minimum absolute atomic E-state index is 0.678. The first-order valence-electron chi connectivity index (χ1n) is 17.9. The van der Waals surface area contributed by atoms with Crippen LogP contribution >= 0.6 is 0 Å². The number of fused-ring (bicyclic) bond motifs is 4. The van der Waals surface area contributed by atoms with Gasteiger partial charge in [-0.1, -0.05) is 158 Å². The van der Waals surface area contributed by atoms with Crippen LogP contribution in [0.1, 0.15) is 0 Å². The summed E-state index contributed by atoms with van der Waals surface area (Å²) in [6.45, 7) is 0. The molecule has 248 valence electrons. The predicted octanol–water partition coefficient (Wildman–Crippen LogP) is 13.5. The Labute approximate surface area is 307 Å². The normalized spacial score (nSPS) is 11.4. The van der Waals surface area contributed by atoms with Gasteiger partial charge in [-0.2, -0.15) is 0 Å². The molecular formula is C50H32N2O. The quantitative estimate of drug-likeness (QED) is 0.176. The van der Waals surface area contributed by atoms with Gasteiger partial charge in [-0.25, -0.2) is 9.97 Å². The molecule has 0 radical (unpaired) electrons. The Bertz CT molecular complexity index is 2930. The number of hydrogen-bond donors (Lipinski definition) is 0. The van der Waals surface area contributed by atoms with Crippen molar-refractivity contribution >= 4 is 32.7 Å². The van der Waals surface area contributed by atoms with Gasteiger partial charge in [-0.3, -0.25) is 0 Å². The van der Waals surface area contributed by atoms with Crippen LogP contribution in [0.25, 0.3) is 100.0 Å². The first kappa shape index (κ1) is 30.7. The summed E-state index contributed by atoms with van der Waals surface area (Å²) in [5, 5.41) is 4.68. The van der Waals surface area contributed by atoms with Crippen molar-refractivity contribution in [3.63, 3.8) is 0 Å². The summed E-state index contributed by atoms with van der Waals surface area (Å²) in [6.07, 6.45) is 0. The van der Waals surface area contributed by atoms with E-state index in [2.05, 4.69) is 176 Å². The van der Waals surface area contributed by atoms with E-state index in [0.29, 0.717) is 5.82 Å². The number of rotatable bonds is 6. The molecular weight excluding hydrogens is 645 g/mol. The largest absolute Gasteiger partial charge is 0.455 e. The molecule has 0 aliphatic carbocycles. The topological polar surface area (TPSA) is 38.9 Å². The van der Waals surface area contributed by atoms with Crippen LogP contribution in [-0.2, 0) is 0 Å². The van der Waals surface area contributed by atoms with Crippen LogP contribution in [0.15, 0.2) is 199 Å². The monoisotopic (exact) mass is 676 g/mol. The van der Waals surface area contributed by atoms with Gasteiger partial charge in [0.25, 0.3) is 0 Å². The van der Waals surface area contributed by atoms with Crippen molar-refractivity contribution in [3.8, 4) is 67.3 Å². The molecule has 3 nitrogen and oxygen atoms in total. The van der Waals surface area contributed by atoms with Crippen LogP contribution in [0, 0.1) is 0 Å². The molecule has 0 atom stereocenters. The van der Waals surface area contributed by atoms with E-state index < -0.39 is 0 Å². The lowest BCUT2D eigenvalue weighted by molar-refractivity contribution is 0.670. The molecule has 0 aliphatic rings. The zero-order chi connectivity index (χ0) is 35.1. The third-order valence-corrected chi connectivity index (χ3v) is 10.1. The van der Waals surface area contributed by atoms with Gasteiger partial charge in [0.15, 0.2) is 5.82 Å². The fraction of sp³-hybridized carbons (Fsp3) is 0. The lowest BCUT2D eigenvalue weighted by atomic mass is 9.93. The molecule has 0 bridgehead atoms. The van der Waals surface area contributed by atoms with E-state index in [-0.39, 0.29) is 0 Å². The van der Waals surface area contributed by atoms with Crippen LogP contribution in [0.5, 0.6) is 0 Å². The highest BCUT2D eigenvalue weighted by molar-refractivity contribution is 6.09. The van der Waals surface area contributed by atoms with Gasteiger partial charge in [-0.15, -0.1) is 0 Å². The molecule has 3 heteroatoms. The zero-order valence-corrected chi connectivity index (χ0v) is 28.8. The minimum Gasteiger partial charge on any atom is -0.455 e. The Hall–Kier alpha value is -7.10. The fourth-order valence-electron chi connectivity index (χ4n) is 7.36. The maximum atomic E-state index is 6.52. The van der Waals surface area contributed by atoms with Crippen molar-refractivity contribution in [1.29, 1.82) is 0 Å². The Morgan fingerprint density at radius 1 is 0.321 bits per heavy atom. The van der Waals surface area contributed by atoms with Crippen molar-refractivity contribution in [2.75, 3.05) is 0 Å². The maximum absolute atomic E-state index is 6.52. The Balaban J connectivity index is 1.14. The Kier molecular flexibility index (Phi) is 7.47. The Morgan fingerprint density at radius 2 is 0.906 bits per heavy atom. The summed E-state index contributed by atoms with van der Waals surface area (Å²) >= 11 is 0. The van der Waals surface area contributed by atoms with Gasteiger partial charge in [0.05, 0.1) is 11.4 Å². The average Bonchev–Trinajstić information content (AvgIpc) is 3.63. The molecule has 0 saturated carbocycles. The molecule has 0 aliphatic heterocycles. The van der Waals surface area contributed by atoms with Crippen LogP contribution in [0.3, 0.4) is 0 Å². The summed E-state index contributed by atoms with van der Waals surface area (Å²) in [6, 6.07) is 68.0. The van der Waals surface area contributed by atoms with Gasteiger partial charge < -0.3 is 4.42 Å². The van der Waals surface area contributed by atoms with Crippen molar-refractivity contribution in [3.05, 3.63) is 194 Å². The highest BCUT2D eigenvalue weighted by Crippen LogP contribution is 2.40. The molecule has 10 rings (SSSR count). The maximum Gasteiger partial charge on any atom is 0.160 e. The summed E-state index contributed by atoms with van der Waals surface area (Å²) in [7, 11) is 0. The number of benzene rings is 8. The van der Waals surface area contributed by atoms with Crippen molar-refractivity contribution in [1.82, 2.24) is 9.97 Å². The molecule has 2 heterocycles.